The molecule has 0 aliphatic rings. The van der Waals surface area contributed by atoms with E-state index < -0.39 is 0 Å². The second kappa shape index (κ2) is 4.18. The monoisotopic (exact) mass is 218 g/mol. The first kappa shape index (κ1) is 10.4. The molecule has 0 saturated carbocycles. The standard InChI is InChI=1S/C12H11FN2O/c1-16-11-6-5-10(12(14)15-11)8-3-2-4-9(13)7-8/h2-7H,1H3,(H2,14,15). The van der Waals surface area contributed by atoms with Crippen molar-refractivity contribution in [2.45, 2.75) is 0 Å². The van der Waals surface area contributed by atoms with Gasteiger partial charge in [-0.2, -0.15) is 4.98 Å². The SMILES string of the molecule is COc1ccc(-c2cccc(F)c2)c(N)n1. The zero-order valence-electron chi connectivity index (χ0n) is 8.77. The quantitative estimate of drug-likeness (QED) is 0.842. The predicted molar refractivity (Wildman–Crippen MR) is 60.6 cm³/mol. The van der Waals surface area contributed by atoms with Crippen molar-refractivity contribution >= 4 is 5.82 Å². The minimum absolute atomic E-state index is 0.298. The molecule has 0 radical (unpaired) electrons. The first-order valence-electron chi connectivity index (χ1n) is 4.77. The van der Waals surface area contributed by atoms with Crippen LogP contribution in [0.2, 0.25) is 0 Å². The molecule has 3 nitrogen and oxygen atoms in total. The van der Waals surface area contributed by atoms with Gasteiger partial charge in [-0.05, 0) is 23.8 Å². The lowest BCUT2D eigenvalue weighted by Gasteiger charge is -2.06. The molecular weight excluding hydrogens is 207 g/mol. The number of benzene rings is 1. The largest absolute Gasteiger partial charge is 0.481 e. The van der Waals surface area contributed by atoms with Gasteiger partial charge in [0.05, 0.1) is 7.11 Å². The molecule has 1 heterocycles. The van der Waals surface area contributed by atoms with E-state index in [0.29, 0.717) is 22.8 Å². The summed E-state index contributed by atoms with van der Waals surface area (Å²) in [4.78, 5) is 4.03. The van der Waals surface area contributed by atoms with Crippen molar-refractivity contribution in [2.24, 2.45) is 0 Å². The van der Waals surface area contributed by atoms with Crippen molar-refractivity contribution in [3.05, 3.63) is 42.2 Å². The van der Waals surface area contributed by atoms with Gasteiger partial charge in [0.15, 0.2) is 0 Å². The topological polar surface area (TPSA) is 48.1 Å². The average molecular weight is 218 g/mol. The van der Waals surface area contributed by atoms with Gasteiger partial charge in [-0.25, -0.2) is 4.39 Å². The summed E-state index contributed by atoms with van der Waals surface area (Å²) in [6, 6.07) is 9.67. The van der Waals surface area contributed by atoms with Crippen LogP contribution in [0.4, 0.5) is 10.2 Å². The van der Waals surface area contributed by atoms with E-state index in [4.69, 9.17) is 10.5 Å². The summed E-state index contributed by atoms with van der Waals surface area (Å²) < 4.78 is 18.0. The molecule has 2 rings (SSSR count). The third kappa shape index (κ3) is 1.95. The Hall–Kier alpha value is -2.10. The number of methoxy groups -OCH3 is 1. The third-order valence-corrected chi connectivity index (χ3v) is 2.24. The second-order valence-corrected chi connectivity index (χ2v) is 3.30. The smallest absolute Gasteiger partial charge is 0.214 e. The van der Waals surface area contributed by atoms with Gasteiger partial charge in [0.1, 0.15) is 11.6 Å². The fourth-order valence-electron chi connectivity index (χ4n) is 1.47. The molecule has 0 saturated heterocycles. The van der Waals surface area contributed by atoms with E-state index >= 15 is 0 Å². The normalized spacial score (nSPS) is 10.1. The summed E-state index contributed by atoms with van der Waals surface area (Å²) in [5, 5.41) is 0. The Morgan fingerprint density at radius 2 is 2.06 bits per heavy atom. The maximum absolute atomic E-state index is 13.0. The zero-order valence-corrected chi connectivity index (χ0v) is 8.77. The number of anilines is 1. The highest BCUT2D eigenvalue weighted by atomic mass is 19.1. The molecule has 82 valence electrons. The Kier molecular flexibility index (Phi) is 2.72. The highest BCUT2D eigenvalue weighted by Crippen LogP contribution is 2.26. The average Bonchev–Trinajstić information content (AvgIpc) is 2.28. The van der Waals surface area contributed by atoms with E-state index in [9.17, 15) is 4.39 Å². The summed E-state index contributed by atoms with van der Waals surface area (Å²) in [6.45, 7) is 0. The minimum Gasteiger partial charge on any atom is -0.481 e. The van der Waals surface area contributed by atoms with Crippen LogP contribution in [0, 0.1) is 5.82 Å². The number of nitrogens with two attached hydrogens (primary N) is 1. The van der Waals surface area contributed by atoms with Crippen molar-refractivity contribution in [3.63, 3.8) is 0 Å². The number of hydrogen-bond donors (Lipinski definition) is 1. The van der Waals surface area contributed by atoms with Gasteiger partial charge in [0.25, 0.3) is 0 Å². The summed E-state index contributed by atoms with van der Waals surface area (Å²) in [7, 11) is 1.52. The second-order valence-electron chi connectivity index (χ2n) is 3.30. The molecule has 0 spiro atoms. The lowest BCUT2D eigenvalue weighted by molar-refractivity contribution is 0.398. The molecule has 0 atom stereocenters. The number of pyridine rings is 1. The zero-order chi connectivity index (χ0) is 11.5. The Balaban J connectivity index is 2.48. The van der Waals surface area contributed by atoms with Crippen LogP contribution in [-0.4, -0.2) is 12.1 Å². The molecule has 0 unspecified atom stereocenters. The van der Waals surface area contributed by atoms with Gasteiger partial charge in [-0.15, -0.1) is 0 Å². The van der Waals surface area contributed by atoms with Crippen LogP contribution in [0.25, 0.3) is 11.1 Å². The fraction of sp³-hybridized carbons (Fsp3) is 0.0833. The summed E-state index contributed by atoms with van der Waals surface area (Å²) in [6.07, 6.45) is 0. The van der Waals surface area contributed by atoms with Crippen LogP contribution in [0.3, 0.4) is 0 Å². The predicted octanol–water partition coefficient (Wildman–Crippen LogP) is 2.48. The number of halogens is 1. The number of hydrogen-bond acceptors (Lipinski definition) is 3. The van der Waals surface area contributed by atoms with Gasteiger partial charge >= 0.3 is 0 Å². The van der Waals surface area contributed by atoms with E-state index in [1.807, 2.05) is 0 Å². The van der Waals surface area contributed by atoms with Gasteiger partial charge in [-0.3, -0.25) is 0 Å². The van der Waals surface area contributed by atoms with Gasteiger partial charge < -0.3 is 10.5 Å². The molecule has 0 fully saturated rings. The molecule has 2 aromatic rings. The van der Waals surface area contributed by atoms with Crippen LogP contribution < -0.4 is 10.5 Å². The van der Waals surface area contributed by atoms with Crippen molar-refractivity contribution in [1.29, 1.82) is 0 Å². The number of rotatable bonds is 2. The molecular formula is C12H11FN2O. The Labute approximate surface area is 92.7 Å². The van der Waals surface area contributed by atoms with Crippen molar-refractivity contribution in [3.8, 4) is 17.0 Å². The van der Waals surface area contributed by atoms with E-state index in [0.717, 1.165) is 0 Å². The third-order valence-electron chi connectivity index (χ3n) is 2.24. The van der Waals surface area contributed by atoms with Crippen molar-refractivity contribution in [1.82, 2.24) is 4.98 Å². The summed E-state index contributed by atoms with van der Waals surface area (Å²) in [5.41, 5.74) is 7.16. The lowest BCUT2D eigenvalue weighted by atomic mass is 10.1. The van der Waals surface area contributed by atoms with Crippen molar-refractivity contribution in [2.75, 3.05) is 12.8 Å². The van der Waals surface area contributed by atoms with E-state index in [2.05, 4.69) is 4.98 Å². The molecule has 16 heavy (non-hydrogen) atoms. The fourth-order valence-corrected chi connectivity index (χ4v) is 1.47. The highest BCUT2D eigenvalue weighted by Gasteiger charge is 2.06. The Morgan fingerprint density at radius 1 is 1.25 bits per heavy atom. The van der Waals surface area contributed by atoms with E-state index in [1.165, 1.54) is 19.2 Å². The van der Waals surface area contributed by atoms with Crippen LogP contribution in [0.1, 0.15) is 0 Å². The van der Waals surface area contributed by atoms with Crippen molar-refractivity contribution < 1.29 is 9.13 Å². The highest BCUT2D eigenvalue weighted by molar-refractivity contribution is 5.74. The minimum atomic E-state index is -0.298. The molecule has 4 heteroatoms. The molecule has 0 bridgehead atoms. The van der Waals surface area contributed by atoms with E-state index in [-0.39, 0.29) is 5.82 Å². The Bertz CT molecular complexity index is 514. The molecule has 2 N–H and O–H groups in total. The maximum Gasteiger partial charge on any atom is 0.214 e. The first-order chi connectivity index (χ1) is 7.70. The maximum atomic E-state index is 13.0. The Morgan fingerprint density at radius 3 is 2.69 bits per heavy atom. The summed E-state index contributed by atoms with van der Waals surface area (Å²) in [5.74, 6) is 0.468. The molecule has 1 aromatic heterocycles. The van der Waals surface area contributed by atoms with Crippen LogP contribution >= 0.6 is 0 Å². The van der Waals surface area contributed by atoms with Gasteiger partial charge in [0, 0.05) is 11.6 Å². The lowest BCUT2D eigenvalue weighted by Crippen LogP contribution is -1.96. The molecule has 0 aliphatic carbocycles. The number of nitrogen functional groups attached to an aromatic ring is 1. The van der Waals surface area contributed by atoms with Crippen LogP contribution in [0.5, 0.6) is 5.88 Å². The first-order valence-corrected chi connectivity index (χ1v) is 4.77. The number of aromatic nitrogens is 1. The van der Waals surface area contributed by atoms with Crippen LogP contribution in [-0.2, 0) is 0 Å². The van der Waals surface area contributed by atoms with E-state index in [1.54, 1.807) is 24.3 Å². The molecule has 0 amide bonds. The van der Waals surface area contributed by atoms with Crippen LogP contribution in [0.15, 0.2) is 36.4 Å². The number of ether oxygens (including phenoxy) is 1. The van der Waals surface area contributed by atoms with Gasteiger partial charge in [-0.1, -0.05) is 12.1 Å². The number of nitrogens with zero attached hydrogens (tertiary/aromatic N) is 1. The summed E-state index contributed by atoms with van der Waals surface area (Å²) >= 11 is 0. The van der Waals surface area contributed by atoms with Gasteiger partial charge in [0.2, 0.25) is 5.88 Å². The molecule has 1 aromatic carbocycles. The molecule has 0 aliphatic heterocycles.